The van der Waals surface area contributed by atoms with Crippen molar-refractivity contribution in [2.75, 3.05) is 0 Å². The molecule has 0 fully saturated rings. The van der Waals surface area contributed by atoms with Gasteiger partial charge in [-0.3, -0.25) is 19.1 Å². The number of fused-ring (bicyclic) bond motifs is 9. The quantitative estimate of drug-likeness (QED) is 0.186. The first-order valence-electron chi connectivity index (χ1n) is 16.6. The largest absolute Gasteiger partial charge is 0.453 e. The highest BCUT2D eigenvalue weighted by molar-refractivity contribution is 6.11. The van der Waals surface area contributed by atoms with Gasteiger partial charge in [0, 0.05) is 54.8 Å². The normalized spacial score (nSPS) is 11.9. The molecular weight excluding hydrogens is 633 g/mol. The molecule has 0 unspecified atom stereocenters. The predicted molar refractivity (Wildman–Crippen MR) is 200 cm³/mol. The van der Waals surface area contributed by atoms with Crippen LogP contribution in [0.2, 0.25) is 0 Å². The van der Waals surface area contributed by atoms with Crippen LogP contribution >= 0.6 is 0 Å². The minimum Gasteiger partial charge on any atom is -0.453 e. The average Bonchev–Trinajstić information content (AvgIpc) is 3.85. The topological polar surface area (TPSA) is 100 Å². The van der Waals surface area contributed by atoms with Gasteiger partial charge in [0.05, 0.1) is 47.2 Å². The second-order valence-electron chi connectivity index (χ2n) is 12.6. The fraction of sp³-hybridized carbons (Fsp3) is 0. The maximum Gasteiger partial charge on any atom is 0.168 e. The van der Waals surface area contributed by atoms with Crippen LogP contribution in [0.25, 0.3) is 99.7 Å². The SMILES string of the molecule is c1ccc(-n2c3cc(-c4cc5c(cn4)oc4cnc(-c6ccc7c8ccnnc8n(-c8ccccc8)c7c6)cc45)ccc3c3ccnnc32)cc1. The maximum atomic E-state index is 6.24. The molecule has 0 aliphatic heterocycles. The number of aromatic nitrogens is 8. The van der Waals surface area contributed by atoms with E-state index in [4.69, 9.17) is 14.4 Å². The number of pyridine rings is 2. The molecular formula is C42H24N8O. The highest BCUT2D eigenvalue weighted by atomic mass is 16.3. The second kappa shape index (κ2) is 10.6. The summed E-state index contributed by atoms with van der Waals surface area (Å²) in [7, 11) is 0. The highest BCUT2D eigenvalue weighted by Gasteiger charge is 2.18. The molecule has 7 heterocycles. The Morgan fingerprint density at radius 3 is 1.37 bits per heavy atom. The molecule has 11 rings (SSSR count). The zero-order valence-electron chi connectivity index (χ0n) is 26.8. The molecule has 9 heteroatoms. The van der Waals surface area contributed by atoms with Crippen LogP contribution in [0.1, 0.15) is 0 Å². The van der Waals surface area contributed by atoms with Crippen molar-refractivity contribution >= 4 is 65.8 Å². The zero-order chi connectivity index (χ0) is 33.5. The Balaban J connectivity index is 1.07. The van der Waals surface area contributed by atoms with Gasteiger partial charge in [-0.2, -0.15) is 10.2 Å². The van der Waals surface area contributed by atoms with Crippen LogP contribution < -0.4 is 0 Å². The molecule has 0 amide bonds. The molecule has 51 heavy (non-hydrogen) atoms. The summed E-state index contributed by atoms with van der Waals surface area (Å²) in [5.41, 5.74) is 10.8. The van der Waals surface area contributed by atoms with Gasteiger partial charge in [-0.1, -0.05) is 60.7 Å². The first kappa shape index (κ1) is 27.7. The molecule has 0 spiro atoms. The van der Waals surface area contributed by atoms with E-state index in [1.54, 1.807) is 24.8 Å². The van der Waals surface area contributed by atoms with Gasteiger partial charge in [0.25, 0.3) is 0 Å². The van der Waals surface area contributed by atoms with Crippen molar-refractivity contribution in [3.63, 3.8) is 0 Å². The van der Waals surface area contributed by atoms with Crippen molar-refractivity contribution in [3.8, 4) is 33.9 Å². The first-order chi connectivity index (χ1) is 25.3. The van der Waals surface area contributed by atoms with E-state index in [2.05, 4.69) is 102 Å². The lowest BCUT2D eigenvalue weighted by atomic mass is 10.0. The molecule has 0 aliphatic rings. The molecule has 11 aromatic rings. The van der Waals surface area contributed by atoms with Crippen LogP contribution in [-0.4, -0.2) is 39.5 Å². The van der Waals surface area contributed by atoms with Gasteiger partial charge in [0.15, 0.2) is 22.5 Å². The molecule has 0 radical (unpaired) electrons. The Morgan fingerprint density at radius 2 is 0.902 bits per heavy atom. The Hall–Kier alpha value is -7.26. The van der Waals surface area contributed by atoms with E-state index in [1.807, 2.05) is 48.5 Å². The minimum atomic E-state index is 0.709. The number of nitrogens with zero attached hydrogens (tertiary/aromatic N) is 8. The van der Waals surface area contributed by atoms with Crippen molar-refractivity contribution in [1.82, 2.24) is 39.5 Å². The number of hydrogen-bond acceptors (Lipinski definition) is 7. The number of para-hydroxylation sites is 2. The lowest BCUT2D eigenvalue weighted by Crippen LogP contribution is -1.96. The van der Waals surface area contributed by atoms with Gasteiger partial charge in [-0.25, -0.2) is 0 Å². The fourth-order valence-electron chi connectivity index (χ4n) is 7.42. The minimum absolute atomic E-state index is 0.709. The second-order valence-corrected chi connectivity index (χ2v) is 12.6. The molecule has 238 valence electrons. The molecule has 9 nitrogen and oxygen atoms in total. The molecule has 0 atom stereocenters. The van der Waals surface area contributed by atoms with Gasteiger partial charge in [-0.05, 0) is 60.7 Å². The van der Waals surface area contributed by atoms with E-state index in [0.717, 1.165) is 88.5 Å². The summed E-state index contributed by atoms with van der Waals surface area (Å²) in [6, 6.07) is 41.6. The third-order valence-electron chi connectivity index (χ3n) is 9.75. The summed E-state index contributed by atoms with van der Waals surface area (Å²) in [5, 5.41) is 23.7. The molecule has 0 N–H and O–H groups in total. The molecule has 0 saturated heterocycles. The van der Waals surface area contributed by atoms with Crippen LogP contribution in [0, 0.1) is 0 Å². The number of rotatable bonds is 4. The lowest BCUT2D eigenvalue weighted by Gasteiger charge is -2.08. The summed E-state index contributed by atoms with van der Waals surface area (Å²) >= 11 is 0. The average molecular weight is 657 g/mol. The van der Waals surface area contributed by atoms with Crippen LogP contribution in [0.4, 0.5) is 0 Å². The van der Waals surface area contributed by atoms with E-state index in [1.165, 1.54) is 0 Å². The van der Waals surface area contributed by atoms with Crippen LogP contribution in [0.5, 0.6) is 0 Å². The summed E-state index contributed by atoms with van der Waals surface area (Å²) < 4.78 is 10.6. The number of benzene rings is 4. The van der Waals surface area contributed by atoms with Gasteiger partial charge < -0.3 is 4.42 Å². The van der Waals surface area contributed by atoms with Crippen molar-refractivity contribution < 1.29 is 4.42 Å². The standard InChI is InChI=1S/C42H24N8O/c1-3-7-27(8-4-1)49-37-19-25(11-13-29(37)31-15-17-45-47-41(31)49)35-21-33-34-22-36(44-24-40(34)51-39(33)23-43-35)26-12-14-30-32-16-18-46-48-42(32)50(38(30)20-26)28-9-5-2-6-10-28/h1-24H. The first-order valence-corrected chi connectivity index (χ1v) is 16.6. The van der Waals surface area contributed by atoms with E-state index in [-0.39, 0.29) is 0 Å². The Kier molecular flexibility index (Phi) is 5.76. The van der Waals surface area contributed by atoms with Gasteiger partial charge in [0.1, 0.15) is 0 Å². The molecule has 0 bridgehead atoms. The van der Waals surface area contributed by atoms with Crippen LogP contribution in [0.3, 0.4) is 0 Å². The molecule has 4 aromatic carbocycles. The van der Waals surface area contributed by atoms with Gasteiger partial charge >= 0.3 is 0 Å². The predicted octanol–water partition coefficient (Wildman–Crippen LogP) is 9.48. The summed E-state index contributed by atoms with van der Waals surface area (Å²) in [6.45, 7) is 0. The smallest absolute Gasteiger partial charge is 0.168 e. The third kappa shape index (κ3) is 4.15. The number of hydrogen-bond donors (Lipinski definition) is 0. The lowest BCUT2D eigenvalue weighted by molar-refractivity contribution is 0.665. The van der Waals surface area contributed by atoms with E-state index < -0.39 is 0 Å². The highest BCUT2D eigenvalue weighted by Crippen LogP contribution is 2.38. The van der Waals surface area contributed by atoms with Gasteiger partial charge in [-0.15, -0.1) is 10.2 Å². The Bertz CT molecular complexity index is 2930. The van der Waals surface area contributed by atoms with Crippen LogP contribution in [0.15, 0.2) is 151 Å². The zero-order valence-corrected chi connectivity index (χ0v) is 26.8. The molecule has 7 aromatic heterocycles. The van der Waals surface area contributed by atoms with E-state index in [9.17, 15) is 0 Å². The maximum absolute atomic E-state index is 6.24. The molecule has 0 aliphatic carbocycles. The van der Waals surface area contributed by atoms with Crippen molar-refractivity contribution in [1.29, 1.82) is 0 Å². The monoisotopic (exact) mass is 656 g/mol. The van der Waals surface area contributed by atoms with Crippen molar-refractivity contribution in [2.24, 2.45) is 0 Å². The van der Waals surface area contributed by atoms with Crippen molar-refractivity contribution in [2.45, 2.75) is 0 Å². The third-order valence-corrected chi connectivity index (χ3v) is 9.75. The van der Waals surface area contributed by atoms with E-state index in [0.29, 0.717) is 11.2 Å². The summed E-state index contributed by atoms with van der Waals surface area (Å²) in [4.78, 5) is 9.69. The Morgan fingerprint density at radius 1 is 0.431 bits per heavy atom. The van der Waals surface area contributed by atoms with Crippen LogP contribution in [-0.2, 0) is 0 Å². The fourth-order valence-corrected chi connectivity index (χ4v) is 7.42. The summed E-state index contributed by atoms with van der Waals surface area (Å²) in [5.74, 6) is 0. The van der Waals surface area contributed by atoms with E-state index >= 15 is 0 Å². The van der Waals surface area contributed by atoms with Gasteiger partial charge in [0.2, 0.25) is 0 Å². The molecule has 0 saturated carbocycles. The summed E-state index contributed by atoms with van der Waals surface area (Å²) in [6.07, 6.45) is 7.09. The Labute approximate surface area is 289 Å². The van der Waals surface area contributed by atoms with Crippen molar-refractivity contribution in [3.05, 3.63) is 146 Å². The number of furan rings is 1.